The van der Waals surface area contributed by atoms with Gasteiger partial charge in [0.15, 0.2) is 0 Å². The molecule has 0 amide bonds. The van der Waals surface area contributed by atoms with Gasteiger partial charge in [-0.3, -0.25) is 0 Å². The first-order chi connectivity index (χ1) is 8.63. The van der Waals surface area contributed by atoms with Gasteiger partial charge in [-0.25, -0.2) is 0 Å². The van der Waals surface area contributed by atoms with E-state index in [1.807, 2.05) is 0 Å². The molecule has 0 atom stereocenters. The molecule has 0 aliphatic carbocycles. The maximum absolute atomic E-state index is 5.27. The molecular formula is C16H27NO. The standard InChI is InChI=1S/C16H27NO/c1-13(2)17-11-7-5-6-8-15-9-10-16(18-4)14(3)12-15/h9-10,12-13,17H,5-8,11H2,1-4H3. The summed E-state index contributed by atoms with van der Waals surface area (Å²) in [7, 11) is 1.73. The quantitative estimate of drug-likeness (QED) is 0.709. The first-order valence-corrected chi connectivity index (χ1v) is 7.00. The number of rotatable bonds is 8. The molecule has 0 radical (unpaired) electrons. The van der Waals surface area contributed by atoms with Crippen LogP contribution in [0.4, 0.5) is 0 Å². The molecule has 0 saturated carbocycles. The van der Waals surface area contributed by atoms with Gasteiger partial charge in [-0.1, -0.05) is 32.4 Å². The Hall–Kier alpha value is -1.02. The van der Waals surface area contributed by atoms with E-state index in [-0.39, 0.29) is 0 Å². The number of aryl methyl sites for hydroxylation is 2. The number of nitrogens with one attached hydrogen (secondary N) is 1. The highest BCUT2D eigenvalue weighted by Gasteiger charge is 2.00. The van der Waals surface area contributed by atoms with E-state index in [0.717, 1.165) is 12.3 Å². The lowest BCUT2D eigenvalue weighted by Crippen LogP contribution is -2.23. The van der Waals surface area contributed by atoms with Gasteiger partial charge in [0, 0.05) is 6.04 Å². The Kier molecular flexibility index (Phi) is 6.81. The Labute approximate surface area is 112 Å². The van der Waals surface area contributed by atoms with Crippen LogP contribution < -0.4 is 10.1 Å². The fraction of sp³-hybridized carbons (Fsp3) is 0.625. The Morgan fingerprint density at radius 1 is 1.17 bits per heavy atom. The van der Waals surface area contributed by atoms with Crippen LogP contribution >= 0.6 is 0 Å². The van der Waals surface area contributed by atoms with Crippen LogP contribution in [0.25, 0.3) is 0 Å². The third-order valence-electron chi connectivity index (χ3n) is 3.15. The Balaban J connectivity index is 2.21. The van der Waals surface area contributed by atoms with E-state index in [1.165, 1.54) is 36.8 Å². The van der Waals surface area contributed by atoms with Gasteiger partial charge in [-0.15, -0.1) is 0 Å². The molecule has 0 aliphatic rings. The number of methoxy groups -OCH3 is 1. The van der Waals surface area contributed by atoms with Crippen molar-refractivity contribution in [3.8, 4) is 5.75 Å². The largest absolute Gasteiger partial charge is 0.496 e. The lowest BCUT2D eigenvalue weighted by atomic mass is 10.0. The maximum Gasteiger partial charge on any atom is 0.121 e. The third kappa shape index (κ3) is 5.54. The van der Waals surface area contributed by atoms with Gasteiger partial charge >= 0.3 is 0 Å². The van der Waals surface area contributed by atoms with Crippen LogP contribution in [0.2, 0.25) is 0 Å². The average Bonchev–Trinajstić information content (AvgIpc) is 2.33. The van der Waals surface area contributed by atoms with E-state index < -0.39 is 0 Å². The summed E-state index contributed by atoms with van der Waals surface area (Å²) >= 11 is 0. The van der Waals surface area contributed by atoms with Gasteiger partial charge in [-0.05, 0) is 49.9 Å². The number of benzene rings is 1. The first-order valence-electron chi connectivity index (χ1n) is 7.00. The van der Waals surface area contributed by atoms with E-state index in [1.54, 1.807) is 7.11 Å². The predicted molar refractivity (Wildman–Crippen MR) is 78.4 cm³/mol. The number of unbranched alkanes of at least 4 members (excludes halogenated alkanes) is 2. The van der Waals surface area contributed by atoms with E-state index in [2.05, 4.69) is 44.3 Å². The summed E-state index contributed by atoms with van der Waals surface area (Å²) in [6.45, 7) is 7.63. The second kappa shape index (κ2) is 8.15. The monoisotopic (exact) mass is 249 g/mol. The van der Waals surface area contributed by atoms with Crippen molar-refractivity contribution in [1.82, 2.24) is 5.32 Å². The van der Waals surface area contributed by atoms with Crippen LogP contribution in [0.1, 0.15) is 44.2 Å². The van der Waals surface area contributed by atoms with Crippen LogP contribution in [-0.4, -0.2) is 19.7 Å². The zero-order valence-corrected chi connectivity index (χ0v) is 12.3. The maximum atomic E-state index is 5.27. The molecule has 0 heterocycles. The Morgan fingerprint density at radius 3 is 2.56 bits per heavy atom. The van der Waals surface area contributed by atoms with Gasteiger partial charge in [0.1, 0.15) is 5.75 Å². The molecule has 0 bridgehead atoms. The third-order valence-corrected chi connectivity index (χ3v) is 3.15. The van der Waals surface area contributed by atoms with Crippen molar-refractivity contribution in [2.75, 3.05) is 13.7 Å². The van der Waals surface area contributed by atoms with Gasteiger partial charge in [0.05, 0.1) is 7.11 Å². The molecule has 2 nitrogen and oxygen atoms in total. The molecule has 0 saturated heterocycles. The molecule has 0 spiro atoms. The van der Waals surface area contributed by atoms with Gasteiger partial charge in [0.25, 0.3) is 0 Å². The summed E-state index contributed by atoms with van der Waals surface area (Å²) in [4.78, 5) is 0. The molecule has 18 heavy (non-hydrogen) atoms. The molecule has 0 unspecified atom stereocenters. The van der Waals surface area contributed by atoms with Crippen molar-refractivity contribution in [2.24, 2.45) is 0 Å². The highest BCUT2D eigenvalue weighted by molar-refractivity contribution is 5.36. The normalized spacial score (nSPS) is 10.9. The van der Waals surface area contributed by atoms with Crippen molar-refractivity contribution in [2.45, 2.75) is 52.5 Å². The van der Waals surface area contributed by atoms with Crippen LogP contribution in [-0.2, 0) is 6.42 Å². The Bertz CT molecular complexity index is 347. The molecule has 1 rings (SSSR count). The lowest BCUT2D eigenvalue weighted by Gasteiger charge is -2.09. The van der Waals surface area contributed by atoms with E-state index in [4.69, 9.17) is 4.74 Å². The zero-order chi connectivity index (χ0) is 13.4. The van der Waals surface area contributed by atoms with Crippen LogP contribution in [0.15, 0.2) is 18.2 Å². The van der Waals surface area contributed by atoms with Crippen molar-refractivity contribution in [1.29, 1.82) is 0 Å². The van der Waals surface area contributed by atoms with Crippen molar-refractivity contribution in [3.05, 3.63) is 29.3 Å². The second-order valence-electron chi connectivity index (χ2n) is 5.22. The fourth-order valence-electron chi connectivity index (χ4n) is 2.12. The minimum atomic E-state index is 0.606. The Morgan fingerprint density at radius 2 is 1.94 bits per heavy atom. The smallest absolute Gasteiger partial charge is 0.121 e. The summed E-state index contributed by atoms with van der Waals surface area (Å²) in [5.74, 6) is 0.986. The summed E-state index contributed by atoms with van der Waals surface area (Å²) in [6.07, 6.45) is 5.01. The van der Waals surface area contributed by atoms with Crippen molar-refractivity contribution >= 4 is 0 Å². The highest BCUT2D eigenvalue weighted by Crippen LogP contribution is 2.19. The molecule has 0 fully saturated rings. The number of ether oxygens (including phenoxy) is 1. The molecule has 0 aromatic heterocycles. The average molecular weight is 249 g/mol. The molecule has 102 valence electrons. The molecule has 1 N–H and O–H groups in total. The van der Waals surface area contributed by atoms with Gasteiger partial charge in [0.2, 0.25) is 0 Å². The van der Waals surface area contributed by atoms with Crippen LogP contribution in [0.5, 0.6) is 5.75 Å². The zero-order valence-electron chi connectivity index (χ0n) is 12.3. The fourth-order valence-corrected chi connectivity index (χ4v) is 2.12. The van der Waals surface area contributed by atoms with E-state index in [0.29, 0.717) is 6.04 Å². The topological polar surface area (TPSA) is 21.3 Å². The number of hydrogen-bond donors (Lipinski definition) is 1. The van der Waals surface area contributed by atoms with Gasteiger partial charge in [-0.2, -0.15) is 0 Å². The molecular weight excluding hydrogens is 222 g/mol. The minimum Gasteiger partial charge on any atom is -0.496 e. The van der Waals surface area contributed by atoms with Crippen molar-refractivity contribution in [3.63, 3.8) is 0 Å². The summed E-state index contributed by atoms with van der Waals surface area (Å²) in [5, 5.41) is 3.45. The molecule has 2 heteroatoms. The van der Waals surface area contributed by atoms with Crippen LogP contribution in [0, 0.1) is 6.92 Å². The molecule has 1 aromatic rings. The van der Waals surface area contributed by atoms with E-state index >= 15 is 0 Å². The van der Waals surface area contributed by atoms with Crippen molar-refractivity contribution < 1.29 is 4.74 Å². The van der Waals surface area contributed by atoms with E-state index in [9.17, 15) is 0 Å². The summed E-state index contributed by atoms with van der Waals surface area (Å²) in [6, 6.07) is 7.10. The highest BCUT2D eigenvalue weighted by atomic mass is 16.5. The predicted octanol–water partition coefficient (Wildman–Crippen LogP) is 3.71. The van der Waals surface area contributed by atoms with Gasteiger partial charge < -0.3 is 10.1 Å². The lowest BCUT2D eigenvalue weighted by molar-refractivity contribution is 0.411. The summed E-state index contributed by atoms with van der Waals surface area (Å²) < 4.78 is 5.27. The number of hydrogen-bond acceptors (Lipinski definition) is 2. The second-order valence-corrected chi connectivity index (χ2v) is 5.22. The first kappa shape index (κ1) is 15.0. The summed E-state index contributed by atoms with van der Waals surface area (Å²) in [5.41, 5.74) is 2.65. The van der Waals surface area contributed by atoms with Crippen LogP contribution in [0.3, 0.4) is 0 Å². The molecule has 1 aromatic carbocycles. The molecule has 0 aliphatic heterocycles. The SMILES string of the molecule is COc1ccc(CCCCCNC(C)C)cc1C. The minimum absolute atomic E-state index is 0.606.